The maximum atomic E-state index is 8.81. The molecule has 0 heterocycles. The van der Waals surface area contributed by atoms with E-state index >= 15 is 0 Å². The molecule has 2 aromatic rings. The smallest absolute Gasteiger partial charge is 0.134 e. The van der Waals surface area contributed by atoms with Crippen molar-refractivity contribution in [1.29, 1.82) is 10.5 Å². The Morgan fingerprint density at radius 2 is 1.65 bits per heavy atom. The van der Waals surface area contributed by atoms with Crippen molar-refractivity contribution >= 4 is 22.0 Å². The van der Waals surface area contributed by atoms with Crippen LogP contribution < -0.4 is 4.74 Å². The zero-order valence-corrected chi connectivity index (χ0v) is 12.0. The third-order valence-corrected chi connectivity index (χ3v) is 3.03. The van der Waals surface area contributed by atoms with Gasteiger partial charge in [0.15, 0.2) is 0 Å². The Balaban J connectivity index is 2.34. The summed E-state index contributed by atoms with van der Waals surface area (Å²) >= 11 is 3.36. The molecule has 0 aromatic heterocycles. The van der Waals surface area contributed by atoms with E-state index in [-0.39, 0.29) is 5.57 Å². The van der Waals surface area contributed by atoms with E-state index in [1.165, 1.54) is 6.08 Å². The van der Waals surface area contributed by atoms with Gasteiger partial charge in [-0.15, -0.1) is 0 Å². The molecule has 0 aliphatic rings. The topological polar surface area (TPSA) is 56.8 Å². The van der Waals surface area contributed by atoms with E-state index in [4.69, 9.17) is 15.3 Å². The third kappa shape index (κ3) is 3.47. The Labute approximate surface area is 125 Å². The largest absolute Gasteiger partial charge is 0.457 e. The second-order valence-electron chi connectivity index (χ2n) is 3.88. The molecule has 0 bridgehead atoms. The number of hydrogen-bond donors (Lipinski definition) is 0. The first-order valence-corrected chi connectivity index (χ1v) is 6.56. The van der Waals surface area contributed by atoms with Crippen molar-refractivity contribution < 1.29 is 4.74 Å². The molecule has 2 aromatic carbocycles. The van der Waals surface area contributed by atoms with Gasteiger partial charge in [-0.05, 0) is 36.4 Å². The molecule has 0 spiro atoms. The van der Waals surface area contributed by atoms with Gasteiger partial charge in [-0.3, -0.25) is 0 Å². The van der Waals surface area contributed by atoms with Gasteiger partial charge in [0.25, 0.3) is 0 Å². The lowest BCUT2D eigenvalue weighted by molar-refractivity contribution is 0.481. The van der Waals surface area contributed by atoms with Crippen LogP contribution >= 0.6 is 15.9 Å². The molecule has 0 aliphatic heterocycles. The van der Waals surface area contributed by atoms with Crippen molar-refractivity contribution in [2.45, 2.75) is 0 Å². The fraction of sp³-hybridized carbons (Fsp3) is 0. The molecule has 0 aliphatic carbocycles. The molecule has 0 N–H and O–H groups in total. The Bertz CT molecular complexity index is 705. The average Bonchev–Trinajstić information content (AvgIpc) is 2.48. The zero-order chi connectivity index (χ0) is 14.4. The number of benzene rings is 2. The maximum absolute atomic E-state index is 8.81. The average molecular weight is 325 g/mol. The van der Waals surface area contributed by atoms with Crippen LogP contribution in [-0.4, -0.2) is 0 Å². The lowest BCUT2D eigenvalue weighted by Gasteiger charge is -2.08. The van der Waals surface area contributed by atoms with E-state index in [2.05, 4.69) is 15.9 Å². The van der Waals surface area contributed by atoms with E-state index < -0.39 is 0 Å². The summed E-state index contributed by atoms with van der Waals surface area (Å²) in [4.78, 5) is 0. The van der Waals surface area contributed by atoms with Crippen molar-refractivity contribution in [3.8, 4) is 23.6 Å². The molecule has 3 nitrogen and oxygen atoms in total. The molecule has 0 amide bonds. The van der Waals surface area contributed by atoms with Gasteiger partial charge >= 0.3 is 0 Å². The van der Waals surface area contributed by atoms with Gasteiger partial charge in [0.2, 0.25) is 0 Å². The van der Waals surface area contributed by atoms with Gasteiger partial charge in [-0.1, -0.05) is 34.1 Å². The second-order valence-corrected chi connectivity index (χ2v) is 4.79. The standard InChI is InChI=1S/C16H9BrN2O/c17-14-5-7-15(8-6-14)20-16-4-2-1-3-13(16)9-12(10-18)11-19/h1-9H. The van der Waals surface area contributed by atoms with Crippen LogP contribution in [0.1, 0.15) is 5.56 Å². The SMILES string of the molecule is N#CC(C#N)=Cc1ccccc1Oc1ccc(Br)cc1. The second kappa shape index (κ2) is 6.56. The molecule has 96 valence electrons. The number of para-hydroxylation sites is 1. The summed E-state index contributed by atoms with van der Waals surface area (Å²) in [6.07, 6.45) is 1.51. The Hall–Kier alpha value is -2.56. The maximum Gasteiger partial charge on any atom is 0.134 e. The number of nitrogens with zero attached hydrogens (tertiary/aromatic N) is 2. The van der Waals surface area contributed by atoms with Crippen LogP contribution in [0.15, 0.2) is 58.6 Å². The van der Waals surface area contributed by atoms with Gasteiger partial charge in [0.1, 0.15) is 29.2 Å². The summed E-state index contributed by atoms with van der Waals surface area (Å²) in [6.45, 7) is 0. The summed E-state index contributed by atoms with van der Waals surface area (Å²) < 4.78 is 6.74. The molecular weight excluding hydrogens is 316 g/mol. The number of hydrogen-bond acceptors (Lipinski definition) is 3. The summed E-state index contributed by atoms with van der Waals surface area (Å²) in [5.74, 6) is 1.28. The lowest BCUT2D eigenvalue weighted by Crippen LogP contribution is -1.87. The molecule has 4 heteroatoms. The molecule has 0 radical (unpaired) electrons. The van der Waals surface area contributed by atoms with E-state index in [9.17, 15) is 0 Å². The fourth-order valence-electron chi connectivity index (χ4n) is 1.57. The van der Waals surface area contributed by atoms with Gasteiger partial charge < -0.3 is 4.74 Å². The summed E-state index contributed by atoms with van der Waals surface area (Å²) in [5.41, 5.74) is 0.727. The molecule has 0 saturated heterocycles. The normalized spacial score (nSPS) is 9.15. The monoisotopic (exact) mass is 324 g/mol. The Morgan fingerprint density at radius 3 is 2.30 bits per heavy atom. The number of rotatable bonds is 3. The van der Waals surface area contributed by atoms with Gasteiger partial charge in [0.05, 0.1) is 0 Å². The van der Waals surface area contributed by atoms with E-state index in [0.29, 0.717) is 17.1 Å². The van der Waals surface area contributed by atoms with Gasteiger partial charge in [-0.2, -0.15) is 10.5 Å². The molecule has 0 fully saturated rings. The third-order valence-electron chi connectivity index (χ3n) is 2.50. The lowest BCUT2D eigenvalue weighted by atomic mass is 10.1. The zero-order valence-electron chi connectivity index (χ0n) is 10.4. The van der Waals surface area contributed by atoms with Crippen LogP contribution in [0.2, 0.25) is 0 Å². The quantitative estimate of drug-likeness (QED) is 0.770. The summed E-state index contributed by atoms with van der Waals surface area (Å²) in [5, 5.41) is 17.6. The van der Waals surface area contributed by atoms with Crippen molar-refractivity contribution in [2.24, 2.45) is 0 Å². The number of allylic oxidation sites excluding steroid dienone is 1. The highest BCUT2D eigenvalue weighted by Crippen LogP contribution is 2.27. The summed E-state index contributed by atoms with van der Waals surface area (Å²) in [6, 6.07) is 18.3. The highest BCUT2D eigenvalue weighted by Gasteiger charge is 2.04. The van der Waals surface area contributed by atoms with Gasteiger partial charge in [0, 0.05) is 10.0 Å². The fourth-order valence-corrected chi connectivity index (χ4v) is 1.83. The van der Waals surface area contributed by atoms with Gasteiger partial charge in [-0.25, -0.2) is 0 Å². The first kappa shape index (κ1) is 13.9. The highest BCUT2D eigenvalue weighted by atomic mass is 79.9. The highest BCUT2D eigenvalue weighted by molar-refractivity contribution is 9.10. The molecule has 2 rings (SSSR count). The summed E-state index contributed by atoms with van der Waals surface area (Å²) in [7, 11) is 0. The molecule has 0 unspecified atom stereocenters. The molecule has 0 atom stereocenters. The van der Waals surface area contributed by atoms with Crippen LogP contribution in [0.4, 0.5) is 0 Å². The first-order chi connectivity index (χ1) is 9.72. The minimum absolute atomic E-state index is 0.0388. The molecule has 0 saturated carbocycles. The first-order valence-electron chi connectivity index (χ1n) is 5.77. The minimum Gasteiger partial charge on any atom is -0.457 e. The number of halogens is 1. The Morgan fingerprint density at radius 1 is 1.00 bits per heavy atom. The van der Waals surface area contributed by atoms with E-state index in [0.717, 1.165) is 4.47 Å². The van der Waals surface area contributed by atoms with Crippen LogP contribution in [0.5, 0.6) is 11.5 Å². The Kier molecular flexibility index (Phi) is 4.55. The predicted molar refractivity (Wildman–Crippen MR) is 79.9 cm³/mol. The van der Waals surface area contributed by atoms with E-state index in [1.807, 2.05) is 48.5 Å². The predicted octanol–water partition coefficient (Wildman–Crippen LogP) is 4.67. The van der Waals surface area contributed by atoms with Crippen LogP contribution in [-0.2, 0) is 0 Å². The number of ether oxygens (including phenoxy) is 1. The van der Waals surface area contributed by atoms with Crippen molar-refractivity contribution in [3.63, 3.8) is 0 Å². The van der Waals surface area contributed by atoms with Crippen LogP contribution in [0.25, 0.3) is 6.08 Å². The molecular formula is C16H9BrN2O. The van der Waals surface area contributed by atoms with E-state index in [1.54, 1.807) is 12.1 Å². The van der Waals surface area contributed by atoms with Crippen molar-refractivity contribution in [1.82, 2.24) is 0 Å². The number of nitriles is 2. The molecule has 20 heavy (non-hydrogen) atoms. The van der Waals surface area contributed by atoms with Crippen molar-refractivity contribution in [3.05, 3.63) is 64.1 Å². The van der Waals surface area contributed by atoms with Crippen LogP contribution in [0, 0.1) is 22.7 Å². The minimum atomic E-state index is 0.0388. The van der Waals surface area contributed by atoms with Crippen molar-refractivity contribution in [2.75, 3.05) is 0 Å². The van der Waals surface area contributed by atoms with Crippen LogP contribution in [0.3, 0.4) is 0 Å².